The van der Waals surface area contributed by atoms with Crippen molar-refractivity contribution in [3.8, 4) is 0 Å². The lowest BCUT2D eigenvalue weighted by Gasteiger charge is -2.42. The highest BCUT2D eigenvalue weighted by Gasteiger charge is 2.30. The Labute approximate surface area is 143 Å². The van der Waals surface area contributed by atoms with Crippen molar-refractivity contribution < 1.29 is 4.79 Å². The van der Waals surface area contributed by atoms with Crippen molar-refractivity contribution in [3.63, 3.8) is 0 Å². The molecule has 0 aliphatic carbocycles. The Kier molecular flexibility index (Phi) is 5.24. The Morgan fingerprint density at radius 3 is 2.43 bits per heavy atom. The number of carbonyl (C=O) groups is 1. The fourth-order valence-corrected chi connectivity index (χ4v) is 3.72. The number of piperazine rings is 1. The van der Waals surface area contributed by atoms with Crippen LogP contribution in [0.5, 0.6) is 0 Å². The second-order valence-electron chi connectivity index (χ2n) is 6.71. The van der Waals surface area contributed by atoms with Crippen LogP contribution in [0, 0.1) is 0 Å². The van der Waals surface area contributed by atoms with Crippen LogP contribution in [-0.4, -0.2) is 82.7 Å². The SMILES string of the molecule is CC(C(=O)N1CCN(C2CCN(C)CC2)CC1)n1cc(Cl)cn1. The number of carbonyl (C=O) groups excluding carboxylic acids is 1. The minimum atomic E-state index is -0.294. The number of hydrogen-bond acceptors (Lipinski definition) is 4. The van der Waals surface area contributed by atoms with E-state index in [1.165, 1.54) is 25.9 Å². The van der Waals surface area contributed by atoms with E-state index in [4.69, 9.17) is 11.6 Å². The molecule has 2 aliphatic rings. The van der Waals surface area contributed by atoms with Crippen LogP contribution in [0.3, 0.4) is 0 Å². The van der Waals surface area contributed by atoms with Crippen molar-refractivity contribution in [3.05, 3.63) is 17.4 Å². The van der Waals surface area contributed by atoms with E-state index in [1.54, 1.807) is 17.1 Å². The molecule has 1 aromatic heterocycles. The summed E-state index contributed by atoms with van der Waals surface area (Å²) in [6, 6.07) is 0.392. The summed E-state index contributed by atoms with van der Waals surface area (Å²) in [5.41, 5.74) is 0. The maximum atomic E-state index is 12.6. The van der Waals surface area contributed by atoms with E-state index in [0.717, 1.165) is 26.2 Å². The molecule has 2 saturated heterocycles. The van der Waals surface area contributed by atoms with Crippen LogP contribution < -0.4 is 0 Å². The first-order chi connectivity index (χ1) is 11.0. The normalized spacial score (nSPS) is 23.2. The molecule has 0 N–H and O–H groups in total. The zero-order chi connectivity index (χ0) is 16.4. The van der Waals surface area contributed by atoms with Crippen molar-refractivity contribution in [1.29, 1.82) is 0 Å². The topological polar surface area (TPSA) is 44.6 Å². The summed E-state index contributed by atoms with van der Waals surface area (Å²) in [6.07, 6.45) is 5.77. The fraction of sp³-hybridized carbons (Fsp3) is 0.750. The lowest BCUT2D eigenvalue weighted by molar-refractivity contribution is -0.136. The fourth-order valence-electron chi connectivity index (χ4n) is 3.57. The van der Waals surface area contributed by atoms with Crippen molar-refractivity contribution >= 4 is 17.5 Å². The Balaban J connectivity index is 1.51. The average Bonchev–Trinajstić information content (AvgIpc) is 3.01. The molecular formula is C16H26ClN5O. The molecule has 3 rings (SSSR count). The van der Waals surface area contributed by atoms with Gasteiger partial charge in [0.15, 0.2) is 0 Å². The predicted molar refractivity (Wildman–Crippen MR) is 90.6 cm³/mol. The Morgan fingerprint density at radius 1 is 1.22 bits per heavy atom. The third kappa shape index (κ3) is 3.87. The lowest BCUT2D eigenvalue weighted by atomic mass is 10.0. The van der Waals surface area contributed by atoms with Gasteiger partial charge in [-0.25, -0.2) is 0 Å². The second kappa shape index (κ2) is 7.20. The number of rotatable bonds is 3. The highest BCUT2D eigenvalue weighted by atomic mass is 35.5. The molecule has 1 unspecified atom stereocenters. The zero-order valence-corrected chi connectivity index (χ0v) is 14.7. The summed E-state index contributed by atoms with van der Waals surface area (Å²) in [7, 11) is 2.19. The van der Waals surface area contributed by atoms with Gasteiger partial charge in [-0.1, -0.05) is 11.6 Å². The van der Waals surface area contributed by atoms with Crippen molar-refractivity contribution in [2.24, 2.45) is 0 Å². The van der Waals surface area contributed by atoms with E-state index in [9.17, 15) is 4.79 Å². The third-order valence-corrected chi connectivity index (χ3v) is 5.35. The third-order valence-electron chi connectivity index (χ3n) is 5.15. The number of hydrogen-bond donors (Lipinski definition) is 0. The van der Waals surface area contributed by atoms with Crippen molar-refractivity contribution in [2.45, 2.75) is 31.8 Å². The summed E-state index contributed by atoms with van der Waals surface area (Å²) >= 11 is 5.89. The van der Waals surface area contributed by atoms with Gasteiger partial charge in [-0.15, -0.1) is 0 Å². The zero-order valence-electron chi connectivity index (χ0n) is 14.0. The maximum absolute atomic E-state index is 12.6. The van der Waals surface area contributed by atoms with Gasteiger partial charge in [-0.3, -0.25) is 14.4 Å². The van der Waals surface area contributed by atoms with Crippen LogP contribution >= 0.6 is 11.6 Å². The number of aromatic nitrogens is 2. The molecule has 0 aromatic carbocycles. The standard InChI is InChI=1S/C16H26ClN5O/c1-13(22-12-14(17)11-18-22)16(23)21-9-7-20(8-10-21)15-3-5-19(2)6-4-15/h11-13,15H,3-10H2,1-2H3. The van der Waals surface area contributed by atoms with Crippen LogP contribution in [0.2, 0.25) is 5.02 Å². The van der Waals surface area contributed by atoms with E-state index in [2.05, 4.69) is 21.9 Å². The smallest absolute Gasteiger partial charge is 0.247 e. The lowest BCUT2D eigenvalue weighted by Crippen LogP contribution is -2.54. The van der Waals surface area contributed by atoms with Crippen LogP contribution in [0.15, 0.2) is 12.4 Å². The first-order valence-corrected chi connectivity index (χ1v) is 8.83. The maximum Gasteiger partial charge on any atom is 0.247 e. The molecule has 3 heterocycles. The van der Waals surface area contributed by atoms with Gasteiger partial charge in [0.1, 0.15) is 6.04 Å². The van der Waals surface area contributed by atoms with Gasteiger partial charge in [0.25, 0.3) is 0 Å². The van der Waals surface area contributed by atoms with Gasteiger partial charge in [-0.2, -0.15) is 5.10 Å². The Bertz CT molecular complexity index is 532. The second-order valence-corrected chi connectivity index (χ2v) is 7.15. The van der Waals surface area contributed by atoms with Crippen LogP contribution in [0.1, 0.15) is 25.8 Å². The van der Waals surface area contributed by atoms with Gasteiger partial charge in [0.05, 0.1) is 11.2 Å². The van der Waals surface area contributed by atoms with E-state index in [1.807, 2.05) is 11.8 Å². The molecule has 1 aromatic rings. The minimum Gasteiger partial charge on any atom is -0.338 e. The largest absolute Gasteiger partial charge is 0.338 e. The number of likely N-dealkylation sites (tertiary alicyclic amines) is 1. The molecule has 128 valence electrons. The predicted octanol–water partition coefficient (Wildman–Crippen LogP) is 1.34. The minimum absolute atomic E-state index is 0.132. The van der Waals surface area contributed by atoms with E-state index >= 15 is 0 Å². The molecule has 7 heteroatoms. The highest BCUT2D eigenvalue weighted by molar-refractivity contribution is 6.30. The molecule has 0 radical (unpaired) electrons. The first kappa shape index (κ1) is 16.7. The quantitative estimate of drug-likeness (QED) is 0.833. The molecule has 23 heavy (non-hydrogen) atoms. The van der Waals surface area contributed by atoms with E-state index < -0.39 is 0 Å². The Morgan fingerprint density at radius 2 is 1.87 bits per heavy atom. The van der Waals surface area contributed by atoms with Gasteiger partial charge < -0.3 is 9.80 Å². The summed E-state index contributed by atoms with van der Waals surface area (Å²) in [4.78, 5) is 19.6. The van der Waals surface area contributed by atoms with Crippen molar-refractivity contribution in [2.75, 3.05) is 46.3 Å². The van der Waals surface area contributed by atoms with E-state index in [0.29, 0.717) is 11.1 Å². The number of piperidine rings is 1. The van der Waals surface area contributed by atoms with Crippen LogP contribution in [0.4, 0.5) is 0 Å². The molecule has 0 spiro atoms. The molecular weight excluding hydrogens is 314 g/mol. The van der Waals surface area contributed by atoms with Gasteiger partial charge in [-0.05, 0) is 39.9 Å². The molecule has 6 nitrogen and oxygen atoms in total. The molecule has 1 amide bonds. The molecule has 0 bridgehead atoms. The van der Waals surface area contributed by atoms with Gasteiger partial charge in [0.2, 0.25) is 5.91 Å². The number of halogens is 1. The molecule has 2 fully saturated rings. The van der Waals surface area contributed by atoms with Crippen LogP contribution in [0.25, 0.3) is 0 Å². The average molecular weight is 340 g/mol. The van der Waals surface area contributed by atoms with Crippen LogP contribution in [-0.2, 0) is 4.79 Å². The molecule has 1 atom stereocenters. The number of amides is 1. The van der Waals surface area contributed by atoms with Gasteiger partial charge in [0, 0.05) is 38.4 Å². The number of nitrogens with zero attached hydrogens (tertiary/aromatic N) is 5. The summed E-state index contributed by atoms with van der Waals surface area (Å²) < 4.78 is 1.65. The van der Waals surface area contributed by atoms with Gasteiger partial charge >= 0.3 is 0 Å². The monoisotopic (exact) mass is 339 g/mol. The first-order valence-electron chi connectivity index (χ1n) is 8.45. The summed E-state index contributed by atoms with van der Waals surface area (Å²) in [5.74, 6) is 0.132. The molecule has 0 saturated carbocycles. The highest BCUT2D eigenvalue weighted by Crippen LogP contribution is 2.19. The summed E-state index contributed by atoms with van der Waals surface area (Å²) in [5, 5.41) is 4.72. The molecule has 2 aliphatic heterocycles. The summed E-state index contributed by atoms with van der Waals surface area (Å²) in [6.45, 7) is 7.82. The van der Waals surface area contributed by atoms with Crippen molar-refractivity contribution in [1.82, 2.24) is 24.5 Å². The Hall–Kier alpha value is -1.11. The van der Waals surface area contributed by atoms with E-state index in [-0.39, 0.29) is 11.9 Å².